The Bertz CT molecular complexity index is 866. The van der Waals surface area contributed by atoms with Crippen LogP contribution in [0.1, 0.15) is 35.3 Å². The van der Waals surface area contributed by atoms with Crippen LogP contribution in [0.25, 0.3) is 0 Å². The lowest BCUT2D eigenvalue weighted by Gasteiger charge is -2.32. The molecule has 0 spiro atoms. The molecule has 1 aromatic heterocycles. The van der Waals surface area contributed by atoms with Gasteiger partial charge in [0.1, 0.15) is 17.3 Å². The van der Waals surface area contributed by atoms with Crippen molar-refractivity contribution in [3.05, 3.63) is 63.6 Å². The molecule has 1 saturated heterocycles. The molecule has 26 heavy (non-hydrogen) atoms. The Hall–Kier alpha value is -2.57. The lowest BCUT2D eigenvalue weighted by atomic mass is 9.91. The molecule has 0 bridgehead atoms. The van der Waals surface area contributed by atoms with Gasteiger partial charge in [-0.05, 0) is 49.3 Å². The molecule has 3 rings (SSSR count). The number of rotatable bonds is 4. The summed E-state index contributed by atoms with van der Waals surface area (Å²) in [6.07, 6.45) is 3.07. The number of halogens is 2. The summed E-state index contributed by atoms with van der Waals surface area (Å²) in [6, 6.07) is 6.42. The summed E-state index contributed by atoms with van der Waals surface area (Å²) in [5.41, 5.74) is 0.478. The Balaban J connectivity index is 1.62. The minimum absolute atomic E-state index is 0.196. The van der Waals surface area contributed by atoms with Crippen LogP contribution >= 0.6 is 0 Å². The lowest BCUT2D eigenvalue weighted by molar-refractivity contribution is 0.0659. The Labute approximate surface area is 150 Å². The summed E-state index contributed by atoms with van der Waals surface area (Å²) in [5.74, 6) is -1.04. The molecule has 5 nitrogen and oxygen atoms in total. The van der Waals surface area contributed by atoms with Gasteiger partial charge in [0, 0.05) is 32.3 Å². The zero-order chi connectivity index (χ0) is 18.7. The van der Waals surface area contributed by atoms with Gasteiger partial charge < -0.3 is 4.90 Å². The van der Waals surface area contributed by atoms with Crippen molar-refractivity contribution < 1.29 is 13.6 Å². The van der Waals surface area contributed by atoms with E-state index >= 15 is 0 Å². The standard InChI is InChI=1S/C19H21F2N3O2/c1-23-18(25)9-8-17(22-23)19(26)24-10-2-3-13(12-24)4-5-14-6-7-15(20)11-16(14)21/h6-9,11,13H,2-5,10,12H2,1H3. The molecule has 1 atom stereocenters. The van der Waals surface area contributed by atoms with Crippen LogP contribution in [0.5, 0.6) is 0 Å². The fourth-order valence-electron chi connectivity index (χ4n) is 3.35. The van der Waals surface area contributed by atoms with Gasteiger partial charge in [0.2, 0.25) is 0 Å². The average Bonchev–Trinajstić information content (AvgIpc) is 2.63. The number of hydrogen-bond acceptors (Lipinski definition) is 3. The number of piperidine rings is 1. The fraction of sp³-hybridized carbons (Fsp3) is 0.421. The minimum Gasteiger partial charge on any atom is -0.337 e. The number of likely N-dealkylation sites (tertiary alicyclic amines) is 1. The van der Waals surface area contributed by atoms with E-state index in [-0.39, 0.29) is 23.1 Å². The molecule has 1 aliphatic heterocycles. The zero-order valence-corrected chi connectivity index (χ0v) is 14.6. The first-order valence-corrected chi connectivity index (χ1v) is 8.71. The van der Waals surface area contributed by atoms with E-state index < -0.39 is 11.6 Å². The molecule has 0 radical (unpaired) electrons. The highest BCUT2D eigenvalue weighted by molar-refractivity contribution is 5.92. The van der Waals surface area contributed by atoms with Crippen molar-refractivity contribution in [3.8, 4) is 0 Å². The average molecular weight is 361 g/mol. The molecule has 0 saturated carbocycles. The first kappa shape index (κ1) is 18.2. The number of hydrogen-bond donors (Lipinski definition) is 0. The Morgan fingerprint density at radius 1 is 1.27 bits per heavy atom. The van der Waals surface area contributed by atoms with Crippen molar-refractivity contribution >= 4 is 5.91 Å². The van der Waals surface area contributed by atoms with Crippen molar-refractivity contribution in [2.75, 3.05) is 13.1 Å². The maximum atomic E-state index is 13.8. The molecule has 1 amide bonds. The van der Waals surface area contributed by atoms with E-state index in [2.05, 4.69) is 5.10 Å². The van der Waals surface area contributed by atoms with Crippen LogP contribution in [0, 0.1) is 17.6 Å². The molecule has 1 unspecified atom stereocenters. The lowest BCUT2D eigenvalue weighted by Crippen LogP contribution is -2.41. The molecule has 2 aromatic rings. The Morgan fingerprint density at radius 2 is 2.08 bits per heavy atom. The van der Waals surface area contributed by atoms with Crippen LogP contribution < -0.4 is 5.56 Å². The maximum Gasteiger partial charge on any atom is 0.274 e. The highest BCUT2D eigenvalue weighted by atomic mass is 19.1. The van der Waals surface area contributed by atoms with Crippen LogP contribution in [-0.4, -0.2) is 33.7 Å². The number of aromatic nitrogens is 2. The molecular weight excluding hydrogens is 340 g/mol. The number of aryl methyl sites for hydroxylation is 2. The summed E-state index contributed by atoms with van der Waals surface area (Å²) in [6.45, 7) is 1.22. The summed E-state index contributed by atoms with van der Waals surface area (Å²) in [4.78, 5) is 25.8. The Kier molecular flexibility index (Phi) is 5.44. The molecule has 138 valence electrons. The monoisotopic (exact) mass is 361 g/mol. The smallest absolute Gasteiger partial charge is 0.274 e. The van der Waals surface area contributed by atoms with Crippen LogP contribution in [0.2, 0.25) is 0 Å². The van der Waals surface area contributed by atoms with Crippen molar-refractivity contribution in [1.82, 2.24) is 14.7 Å². The number of benzene rings is 1. The van der Waals surface area contributed by atoms with Crippen molar-refractivity contribution in [3.63, 3.8) is 0 Å². The van der Waals surface area contributed by atoms with Gasteiger partial charge in [0.05, 0.1) is 0 Å². The van der Waals surface area contributed by atoms with Crippen molar-refractivity contribution in [2.45, 2.75) is 25.7 Å². The van der Waals surface area contributed by atoms with E-state index in [9.17, 15) is 18.4 Å². The van der Waals surface area contributed by atoms with Crippen LogP contribution in [0.4, 0.5) is 8.78 Å². The SMILES string of the molecule is Cn1nc(C(=O)N2CCCC(CCc3ccc(F)cc3F)C2)ccc1=O. The largest absolute Gasteiger partial charge is 0.337 e. The quantitative estimate of drug-likeness (QED) is 0.841. The predicted octanol–water partition coefficient (Wildman–Crippen LogP) is 2.54. The summed E-state index contributed by atoms with van der Waals surface area (Å²) in [5, 5.41) is 4.01. The fourth-order valence-corrected chi connectivity index (χ4v) is 3.35. The normalized spacial score (nSPS) is 17.3. The number of carbonyl (C=O) groups is 1. The number of nitrogens with zero attached hydrogens (tertiary/aromatic N) is 3. The molecule has 1 aromatic carbocycles. The summed E-state index contributed by atoms with van der Waals surface area (Å²) < 4.78 is 27.9. The third-order valence-corrected chi connectivity index (χ3v) is 4.82. The second-order valence-corrected chi connectivity index (χ2v) is 6.71. The second-order valence-electron chi connectivity index (χ2n) is 6.71. The molecular formula is C19H21F2N3O2. The third-order valence-electron chi connectivity index (χ3n) is 4.82. The Morgan fingerprint density at radius 3 is 2.81 bits per heavy atom. The highest BCUT2D eigenvalue weighted by Gasteiger charge is 2.25. The van der Waals surface area contributed by atoms with E-state index in [0.29, 0.717) is 25.1 Å². The zero-order valence-electron chi connectivity index (χ0n) is 14.6. The maximum absolute atomic E-state index is 13.8. The third kappa shape index (κ3) is 4.15. The number of carbonyl (C=O) groups excluding carboxylic acids is 1. The highest BCUT2D eigenvalue weighted by Crippen LogP contribution is 2.23. The molecule has 0 N–H and O–H groups in total. The van der Waals surface area contributed by atoms with E-state index in [4.69, 9.17) is 0 Å². The molecule has 1 fully saturated rings. The number of amides is 1. The first-order valence-electron chi connectivity index (χ1n) is 8.71. The van der Waals surface area contributed by atoms with E-state index in [1.165, 1.54) is 31.3 Å². The molecule has 0 aliphatic carbocycles. The predicted molar refractivity (Wildman–Crippen MR) is 92.8 cm³/mol. The minimum atomic E-state index is -0.578. The molecule has 1 aliphatic rings. The topological polar surface area (TPSA) is 55.2 Å². The van der Waals surface area contributed by atoms with Gasteiger partial charge in [-0.3, -0.25) is 9.59 Å². The van der Waals surface area contributed by atoms with Crippen molar-refractivity contribution in [2.24, 2.45) is 13.0 Å². The van der Waals surface area contributed by atoms with Gasteiger partial charge in [-0.15, -0.1) is 0 Å². The van der Waals surface area contributed by atoms with Gasteiger partial charge in [0.15, 0.2) is 0 Å². The van der Waals surface area contributed by atoms with Gasteiger partial charge in [-0.25, -0.2) is 13.5 Å². The molecule has 2 heterocycles. The van der Waals surface area contributed by atoms with Gasteiger partial charge in [0.25, 0.3) is 11.5 Å². The summed E-state index contributed by atoms with van der Waals surface area (Å²) in [7, 11) is 1.51. The van der Waals surface area contributed by atoms with Gasteiger partial charge in [-0.2, -0.15) is 5.10 Å². The second kappa shape index (κ2) is 7.76. The van der Waals surface area contributed by atoms with E-state index in [0.717, 1.165) is 30.0 Å². The van der Waals surface area contributed by atoms with E-state index in [1.807, 2.05) is 0 Å². The van der Waals surface area contributed by atoms with Crippen LogP contribution in [0.15, 0.2) is 35.1 Å². The van der Waals surface area contributed by atoms with E-state index in [1.54, 1.807) is 4.90 Å². The van der Waals surface area contributed by atoms with Crippen LogP contribution in [-0.2, 0) is 13.5 Å². The molecule has 7 heteroatoms. The first-order chi connectivity index (χ1) is 12.4. The van der Waals surface area contributed by atoms with Crippen LogP contribution in [0.3, 0.4) is 0 Å². The summed E-state index contributed by atoms with van der Waals surface area (Å²) >= 11 is 0. The van der Waals surface area contributed by atoms with Crippen molar-refractivity contribution in [1.29, 1.82) is 0 Å². The van der Waals surface area contributed by atoms with Gasteiger partial charge in [-0.1, -0.05) is 6.07 Å². The van der Waals surface area contributed by atoms with Gasteiger partial charge >= 0.3 is 0 Å².